The Balaban J connectivity index is 1.17. The minimum absolute atomic E-state index is 0.0952. The number of carbonyl (C=O) groups is 3. The van der Waals surface area contributed by atoms with Gasteiger partial charge in [-0.15, -0.1) is 0 Å². The second-order valence-corrected chi connectivity index (χ2v) is 11.4. The Morgan fingerprint density at radius 2 is 0.804 bits per heavy atom. The number of carbonyl (C=O) groups excluding carboxylic acids is 3. The maximum atomic E-state index is 12.5. The molecule has 1 heterocycles. The summed E-state index contributed by atoms with van der Waals surface area (Å²) in [5.41, 5.74) is 0.821. The molecule has 0 N–H and O–H groups in total. The van der Waals surface area contributed by atoms with Gasteiger partial charge in [-0.05, 0) is 25.7 Å². The third kappa shape index (κ3) is 24.1. The van der Waals surface area contributed by atoms with E-state index in [4.69, 9.17) is 56.8 Å². The van der Waals surface area contributed by atoms with Gasteiger partial charge >= 0.3 is 11.9 Å². The predicted octanol–water partition coefficient (Wildman–Crippen LogP) is 1.34. The van der Waals surface area contributed by atoms with Crippen molar-refractivity contribution in [1.82, 2.24) is 0 Å². The van der Waals surface area contributed by atoms with E-state index >= 15 is 0 Å². The molecule has 0 aromatic heterocycles. The van der Waals surface area contributed by atoms with Gasteiger partial charge in [-0.2, -0.15) is 0 Å². The zero-order chi connectivity index (χ0) is 36.5. The van der Waals surface area contributed by atoms with Gasteiger partial charge in [0.05, 0.1) is 145 Å². The number of ketones is 1. The molecule has 0 radical (unpaired) electrons. The molecule has 1 aliphatic heterocycles. The van der Waals surface area contributed by atoms with Gasteiger partial charge in [0, 0.05) is 37.2 Å². The first-order chi connectivity index (χ1) is 25.1. The molecule has 16 heteroatoms. The number of Topliss-reactive ketones (excluding diaryl/α,β-unsaturated/α-hetero) is 1. The summed E-state index contributed by atoms with van der Waals surface area (Å²) in [5, 5.41) is 0. The van der Waals surface area contributed by atoms with Crippen LogP contribution in [0.2, 0.25) is 0 Å². The molecule has 0 spiro atoms. The van der Waals surface area contributed by atoms with E-state index in [1.807, 2.05) is 0 Å². The monoisotopic (exact) mass is 736 g/mol. The highest BCUT2D eigenvalue weighted by atomic mass is 16.6. The largest absolute Gasteiger partial charge is 0.386 e. The molecule has 0 aromatic carbocycles. The van der Waals surface area contributed by atoms with Gasteiger partial charge in [0.1, 0.15) is 5.78 Å². The van der Waals surface area contributed by atoms with Crippen molar-refractivity contribution in [2.24, 2.45) is 5.92 Å². The number of cyclic esters (lactones) is 2. The summed E-state index contributed by atoms with van der Waals surface area (Å²) in [7, 11) is 1.64. The normalized spacial score (nSPS) is 15.9. The highest BCUT2D eigenvalue weighted by molar-refractivity contribution is 6.13. The van der Waals surface area contributed by atoms with Crippen LogP contribution < -0.4 is 0 Å². The second-order valence-electron chi connectivity index (χ2n) is 11.4. The Kier molecular flexibility index (Phi) is 29.0. The van der Waals surface area contributed by atoms with E-state index in [0.29, 0.717) is 195 Å². The maximum absolute atomic E-state index is 12.5. The minimum Gasteiger partial charge on any atom is -0.386 e. The smallest absolute Gasteiger partial charge is 0.342 e. The summed E-state index contributed by atoms with van der Waals surface area (Å²) in [6.07, 6.45) is 2.28. The number of hydrogen-bond donors (Lipinski definition) is 0. The lowest BCUT2D eigenvalue weighted by atomic mass is 9.81. The molecular weight excluding hydrogens is 676 g/mol. The van der Waals surface area contributed by atoms with E-state index in [0.717, 1.165) is 0 Å². The molecule has 2 rings (SSSR count). The van der Waals surface area contributed by atoms with Crippen LogP contribution in [0.4, 0.5) is 0 Å². The van der Waals surface area contributed by atoms with Crippen molar-refractivity contribution in [3.63, 3.8) is 0 Å². The Morgan fingerprint density at radius 1 is 0.490 bits per heavy atom. The van der Waals surface area contributed by atoms with E-state index < -0.39 is 11.9 Å². The van der Waals surface area contributed by atoms with E-state index in [-0.39, 0.29) is 11.7 Å². The van der Waals surface area contributed by atoms with Crippen molar-refractivity contribution in [3.05, 3.63) is 11.1 Å². The fraction of sp³-hybridized carbons (Fsp3) is 0.857. The molecular formula is C35H60O16. The number of ether oxygens (including phenoxy) is 13. The number of hydrogen-bond acceptors (Lipinski definition) is 16. The average Bonchev–Trinajstić information content (AvgIpc) is 3.43. The van der Waals surface area contributed by atoms with Crippen molar-refractivity contribution < 1.29 is 76.0 Å². The molecule has 0 saturated carbocycles. The first-order valence-corrected chi connectivity index (χ1v) is 18.0. The Labute approximate surface area is 301 Å². The van der Waals surface area contributed by atoms with Crippen molar-refractivity contribution >= 4 is 17.7 Å². The molecule has 1 aliphatic carbocycles. The van der Waals surface area contributed by atoms with Gasteiger partial charge in [0.15, 0.2) is 0 Å². The third-order valence-corrected chi connectivity index (χ3v) is 7.55. The number of rotatable bonds is 38. The van der Waals surface area contributed by atoms with Crippen molar-refractivity contribution in [2.75, 3.05) is 159 Å². The highest BCUT2D eigenvalue weighted by Gasteiger charge is 2.38. The zero-order valence-corrected chi connectivity index (χ0v) is 30.4. The van der Waals surface area contributed by atoms with Crippen LogP contribution >= 0.6 is 0 Å². The minimum atomic E-state index is -0.596. The first kappa shape index (κ1) is 45.2. The average molecular weight is 737 g/mol. The topological polar surface area (TPSA) is 171 Å². The summed E-state index contributed by atoms with van der Waals surface area (Å²) in [4.78, 5) is 35.8. The molecule has 0 bridgehead atoms. The van der Waals surface area contributed by atoms with E-state index in [1.54, 1.807) is 7.11 Å². The lowest BCUT2D eigenvalue weighted by Crippen LogP contribution is -2.21. The standard InChI is InChI=1S/C35H60O16/c1-39-7-8-41-11-12-43-15-16-45-19-20-47-23-24-49-27-28-50-26-25-48-22-21-46-18-17-44-14-13-42-10-9-40-6-2-3-33(36)30-4-5-31-32(29-30)35(38)51-34(31)37/h30H,2-29H2,1H3. The molecule has 1 atom stereocenters. The Morgan fingerprint density at radius 3 is 1.16 bits per heavy atom. The molecule has 0 amide bonds. The van der Waals surface area contributed by atoms with Crippen LogP contribution in [0.15, 0.2) is 11.1 Å². The van der Waals surface area contributed by atoms with Gasteiger partial charge in [-0.1, -0.05) is 0 Å². The van der Waals surface area contributed by atoms with Gasteiger partial charge in [-0.3, -0.25) is 4.79 Å². The molecule has 0 fully saturated rings. The molecule has 0 saturated heterocycles. The number of esters is 2. The maximum Gasteiger partial charge on any atom is 0.342 e. The molecule has 16 nitrogen and oxygen atoms in total. The molecule has 2 aliphatic rings. The van der Waals surface area contributed by atoms with Gasteiger partial charge in [0.2, 0.25) is 0 Å². The summed E-state index contributed by atoms with van der Waals surface area (Å²) in [5.74, 6) is -1.29. The van der Waals surface area contributed by atoms with Crippen LogP contribution in [-0.4, -0.2) is 177 Å². The SMILES string of the molecule is COCCOCCOCCOCCOCCOCCOCCOCCOCCOCCOCCOCCCC(=O)C1CCC2=C(C1)C(=O)OC2=O. The van der Waals surface area contributed by atoms with E-state index in [9.17, 15) is 14.4 Å². The van der Waals surface area contributed by atoms with Crippen molar-refractivity contribution in [2.45, 2.75) is 32.1 Å². The molecule has 296 valence electrons. The lowest BCUT2D eigenvalue weighted by Gasteiger charge is -2.19. The van der Waals surface area contributed by atoms with Crippen LogP contribution in [0.1, 0.15) is 32.1 Å². The second kappa shape index (κ2) is 32.7. The van der Waals surface area contributed by atoms with Crippen molar-refractivity contribution in [3.8, 4) is 0 Å². The first-order valence-electron chi connectivity index (χ1n) is 18.0. The van der Waals surface area contributed by atoms with E-state index in [1.165, 1.54) is 0 Å². The zero-order valence-electron chi connectivity index (χ0n) is 30.4. The summed E-state index contributed by atoms with van der Waals surface area (Å²) in [6, 6.07) is 0. The fourth-order valence-corrected chi connectivity index (χ4v) is 4.85. The van der Waals surface area contributed by atoms with Crippen LogP contribution in [0.25, 0.3) is 0 Å². The molecule has 0 aromatic rings. The van der Waals surface area contributed by atoms with Gasteiger partial charge in [-0.25, -0.2) is 9.59 Å². The summed E-state index contributed by atoms with van der Waals surface area (Å²) >= 11 is 0. The quantitative estimate of drug-likeness (QED) is 0.0505. The number of methoxy groups -OCH3 is 1. The van der Waals surface area contributed by atoms with Crippen molar-refractivity contribution in [1.29, 1.82) is 0 Å². The van der Waals surface area contributed by atoms with Crippen LogP contribution in [0.3, 0.4) is 0 Å². The Bertz CT molecular complexity index is 929. The van der Waals surface area contributed by atoms with Crippen LogP contribution in [-0.2, 0) is 76.0 Å². The summed E-state index contributed by atoms with van der Waals surface area (Å²) < 4.78 is 69.5. The van der Waals surface area contributed by atoms with Crippen LogP contribution in [0, 0.1) is 5.92 Å². The summed E-state index contributed by atoms with van der Waals surface area (Å²) in [6.45, 7) is 11.4. The highest BCUT2D eigenvalue weighted by Crippen LogP contribution is 2.35. The third-order valence-electron chi connectivity index (χ3n) is 7.55. The van der Waals surface area contributed by atoms with Gasteiger partial charge in [0.25, 0.3) is 0 Å². The van der Waals surface area contributed by atoms with Crippen LogP contribution in [0.5, 0.6) is 0 Å². The fourth-order valence-electron chi connectivity index (χ4n) is 4.85. The molecule has 1 unspecified atom stereocenters. The predicted molar refractivity (Wildman–Crippen MR) is 181 cm³/mol. The van der Waals surface area contributed by atoms with Gasteiger partial charge < -0.3 is 61.6 Å². The Hall–Kier alpha value is -1.93. The van der Waals surface area contributed by atoms with E-state index in [2.05, 4.69) is 4.74 Å². The molecule has 51 heavy (non-hydrogen) atoms. The lowest BCUT2D eigenvalue weighted by molar-refractivity contribution is -0.151.